The predicted octanol–water partition coefficient (Wildman–Crippen LogP) is 2.19. The molecule has 1 aliphatic heterocycles. The molecule has 0 spiro atoms. The van der Waals surface area contributed by atoms with Crippen LogP contribution in [0.1, 0.15) is 23.6 Å². The molecule has 0 saturated carbocycles. The first-order valence-electron chi connectivity index (χ1n) is 11.2. The molecular formula is C24H35N5O3. The zero-order valence-electron chi connectivity index (χ0n) is 19.2. The number of hydrogen-bond donors (Lipinski definition) is 2. The third kappa shape index (κ3) is 7.78. The molecule has 3 rings (SSSR count). The average Bonchev–Trinajstić information content (AvgIpc) is 2.83. The van der Waals surface area contributed by atoms with E-state index in [-0.39, 0.29) is 0 Å². The highest BCUT2D eigenvalue weighted by atomic mass is 16.5. The Hall–Kier alpha value is -2.68. The molecule has 0 amide bonds. The SMILES string of the molecule is CCNC(=NCc1cccnc1OCCOC)NCc1ccccc1CN1CCOCC1. The molecule has 0 bridgehead atoms. The molecule has 1 aromatic carbocycles. The van der Waals surface area contributed by atoms with Crippen LogP contribution in [0, 0.1) is 0 Å². The van der Waals surface area contributed by atoms with Crippen LogP contribution in [0.5, 0.6) is 5.88 Å². The summed E-state index contributed by atoms with van der Waals surface area (Å²) < 4.78 is 16.3. The van der Waals surface area contributed by atoms with E-state index in [0.717, 1.165) is 50.9 Å². The molecule has 0 radical (unpaired) electrons. The Balaban J connectivity index is 1.62. The molecule has 32 heavy (non-hydrogen) atoms. The van der Waals surface area contributed by atoms with E-state index in [1.54, 1.807) is 13.3 Å². The summed E-state index contributed by atoms with van der Waals surface area (Å²) in [5, 5.41) is 6.80. The summed E-state index contributed by atoms with van der Waals surface area (Å²) in [6.45, 7) is 9.52. The zero-order valence-corrected chi connectivity index (χ0v) is 19.2. The summed E-state index contributed by atoms with van der Waals surface area (Å²) >= 11 is 0. The lowest BCUT2D eigenvalue weighted by Crippen LogP contribution is -2.38. The van der Waals surface area contributed by atoms with E-state index in [0.29, 0.717) is 32.2 Å². The van der Waals surface area contributed by atoms with Gasteiger partial charge in [0.25, 0.3) is 0 Å². The highest BCUT2D eigenvalue weighted by Gasteiger charge is 2.13. The van der Waals surface area contributed by atoms with Crippen LogP contribution in [-0.2, 0) is 29.1 Å². The highest BCUT2D eigenvalue weighted by molar-refractivity contribution is 5.79. The van der Waals surface area contributed by atoms with E-state index in [4.69, 9.17) is 19.2 Å². The van der Waals surface area contributed by atoms with Gasteiger partial charge in [-0.15, -0.1) is 0 Å². The lowest BCUT2D eigenvalue weighted by atomic mass is 10.1. The minimum Gasteiger partial charge on any atom is -0.475 e. The molecule has 0 atom stereocenters. The van der Waals surface area contributed by atoms with Gasteiger partial charge in [0.2, 0.25) is 5.88 Å². The third-order valence-corrected chi connectivity index (χ3v) is 5.19. The molecule has 2 N–H and O–H groups in total. The van der Waals surface area contributed by atoms with Gasteiger partial charge in [-0.05, 0) is 24.1 Å². The minimum absolute atomic E-state index is 0.461. The van der Waals surface area contributed by atoms with Gasteiger partial charge in [-0.2, -0.15) is 0 Å². The number of methoxy groups -OCH3 is 1. The van der Waals surface area contributed by atoms with Crippen LogP contribution in [0.4, 0.5) is 0 Å². The van der Waals surface area contributed by atoms with Crippen molar-refractivity contribution in [2.75, 3.05) is 53.2 Å². The fourth-order valence-corrected chi connectivity index (χ4v) is 3.47. The first kappa shape index (κ1) is 24.0. The first-order chi connectivity index (χ1) is 15.8. The maximum Gasteiger partial charge on any atom is 0.218 e. The average molecular weight is 442 g/mol. The smallest absolute Gasteiger partial charge is 0.218 e. The second-order valence-electron chi connectivity index (χ2n) is 7.51. The number of guanidine groups is 1. The van der Waals surface area contributed by atoms with E-state index in [1.807, 2.05) is 12.1 Å². The van der Waals surface area contributed by atoms with Crippen molar-refractivity contribution in [3.8, 4) is 5.88 Å². The molecule has 8 heteroatoms. The molecule has 2 aromatic rings. The van der Waals surface area contributed by atoms with Gasteiger partial charge in [0.15, 0.2) is 5.96 Å². The van der Waals surface area contributed by atoms with Crippen LogP contribution in [0.15, 0.2) is 47.6 Å². The number of pyridine rings is 1. The first-order valence-corrected chi connectivity index (χ1v) is 11.2. The third-order valence-electron chi connectivity index (χ3n) is 5.19. The van der Waals surface area contributed by atoms with E-state index in [9.17, 15) is 0 Å². The number of rotatable bonds is 11. The fraction of sp³-hybridized carbons (Fsp3) is 0.500. The van der Waals surface area contributed by atoms with Gasteiger partial charge < -0.3 is 24.8 Å². The van der Waals surface area contributed by atoms with Crippen LogP contribution in [0.2, 0.25) is 0 Å². The number of benzene rings is 1. The van der Waals surface area contributed by atoms with Crippen molar-refractivity contribution in [2.24, 2.45) is 4.99 Å². The van der Waals surface area contributed by atoms with Gasteiger partial charge in [-0.25, -0.2) is 9.98 Å². The summed E-state index contributed by atoms with van der Waals surface area (Å²) in [6, 6.07) is 12.5. The molecule has 1 aliphatic rings. The lowest BCUT2D eigenvalue weighted by molar-refractivity contribution is 0.0341. The van der Waals surface area contributed by atoms with E-state index < -0.39 is 0 Å². The number of aromatic nitrogens is 1. The molecule has 2 heterocycles. The van der Waals surface area contributed by atoms with Crippen LogP contribution in [0.25, 0.3) is 0 Å². The van der Waals surface area contributed by atoms with Crippen LogP contribution >= 0.6 is 0 Å². The lowest BCUT2D eigenvalue weighted by Gasteiger charge is -2.27. The van der Waals surface area contributed by atoms with Crippen molar-refractivity contribution in [1.82, 2.24) is 20.5 Å². The highest BCUT2D eigenvalue weighted by Crippen LogP contribution is 2.16. The zero-order chi connectivity index (χ0) is 22.4. The Morgan fingerprint density at radius 2 is 1.84 bits per heavy atom. The summed E-state index contributed by atoms with van der Waals surface area (Å²) in [7, 11) is 1.65. The van der Waals surface area contributed by atoms with Crippen molar-refractivity contribution in [3.05, 3.63) is 59.3 Å². The topological polar surface area (TPSA) is 80.2 Å². The number of aliphatic imine (C=N–C) groups is 1. The van der Waals surface area contributed by atoms with Gasteiger partial charge in [0.1, 0.15) is 6.61 Å². The van der Waals surface area contributed by atoms with Gasteiger partial charge in [0.05, 0.1) is 26.4 Å². The van der Waals surface area contributed by atoms with E-state index in [2.05, 4.69) is 51.7 Å². The van der Waals surface area contributed by atoms with Crippen molar-refractivity contribution in [3.63, 3.8) is 0 Å². The van der Waals surface area contributed by atoms with E-state index >= 15 is 0 Å². The maximum absolute atomic E-state index is 5.73. The molecule has 0 aliphatic carbocycles. The van der Waals surface area contributed by atoms with Gasteiger partial charge in [-0.3, -0.25) is 4.90 Å². The largest absolute Gasteiger partial charge is 0.475 e. The quantitative estimate of drug-likeness (QED) is 0.314. The Kier molecular flexibility index (Phi) is 10.2. The number of nitrogens with one attached hydrogen (secondary N) is 2. The van der Waals surface area contributed by atoms with E-state index in [1.165, 1.54) is 11.1 Å². The fourth-order valence-electron chi connectivity index (χ4n) is 3.47. The molecule has 174 valence electrons. The normalized spacial score (nSPS) is 14.9. The Bertz CT molecular complexity index is 840. The van der Waals surface area contributed by atoms with Crippen LogP contribution < -0.4 is 15.4 Å². The summed E-state index contributed by atoms with van der Waals surface area (Å²) in [6.07, 6.45) is 1.73. The monoisotopic (exact) mass is 441 g/mol. The van der Waals surface area contributed by atoms with Gasteiger partial charge in [0, 0.05) is 51.6 Å². The molecular weight excluding hydrogens is 406 g/mol. The standard InChI is InChI=1S/C24H35N5O3/c1-3-25-24(28-18-21-9-6-10-26-23(21)32-16-15-30-2)27-17-20-7-4-5-8-22(20)19-29-11-13-31-14-12-29/h4-10H,3,11-19H2,1-2H3,(H2,25,27,28). The van der Waals surface area contributed by atoms with Gasteiger partial charge >= 0.3 is 0 Å². The second-order valence-corrected chi connectivity index (χ2v) is 7.51. The van der Waals surface area contributed by atoms with Crippen molar-refractivity contribution in [1.29, 1.82) is 0 Å². The van der Waals surface area contributed by atoms with Crippen molar-refractivity contribution >= 4 is 5.96 Å². The minimum atomic E-state index is 0.461. The summed E-state index contributed by atoms with van der Waals surface area (Å²) in [5.74, 6) is 1.36. The van der Waals surface area contributed by atoms with Crippen LogP contribution in [0.3, 0.4) is 0 Å². The summed E-state index contributed by atoms with van der Waals surface area (Å²) in [4.78, 5) is 11.5. The molecule has 1 saturated heterocycles. The molecule has 1 aromatic heterocycles. The maximum atomic E-state index is 5.73. The molecule has 8 nitrogen and oxygen atoms in total. The Labute approximate surface area is 191 Å². The van der Waals surface area contributed by atoms with Gasteiger partial charge in [-0.1, -0.05) is 30.3 Å². The second kappa shape index (κ2) is 13.7. The predicted molar refractivity (Wildman–Crippen MR) is 126 cm³/mol. The number of nitrogens with zero attached hydrogens (tertiary/aromatic N) is 3. The Morgan fingerprint density at radius 1 is 1.06 bits per heavy atom. The molecule has 1 fully saturated rings. The number of ether oxygens (including phenoxy) is 3. The number of morpholine rings is 1. The van der Waals surface area contributed by atoms with Crippen LogP contribution in [-0.4, -0.2) is 69.0 Å². The Morgan fingerprint density at radius 3 is 2.62 bits per heavy atom. The molecule has 0 unspecified atom stereocenters. The van der Waals surface area contributed by atoms with Crippen molar-refractivity contribution in [2.45, 2.75) is 26.6 Å². The van der Waals surface area contributed by atoms with Crippen molar-refractivity contribution < 1.29 is 14.2 Å². The number of hydrogen-bond acceptors (Lipinski definition) is 6. The summed E-state index contributed by atoms with van der Waals surface area (Å²) in [5.41, 5.74) is 3.54.